The maximum absolute atomic E-state index is 14.4. The molecule has 7 heteroatoms. The fourth-order valence-electron chi connectivity index (χ4n) is 2.89. The number of rotatable bonds is 3. The average Bonchev–Trinajstić information content (AvgIpc) is 3.04. The van der Waals surface area contributed by atoms with Crippen molar-refractivity contribution in [3.05, 3.63) is 71.4 Å². The standard InChI is InChI=1S/C19H12ClF2N3O/c1-26-19-15-16(11-6-3-2-4-7-11)24-25(17(15)12(20)10-23-19)18-13(21)8-5-9-14(18)22/h2-10H,1H3. The van der Waals surface area contributed by atoms with Crippen LogP contribution in [0.2, 0.25) is 5.02 Å². The second kappa shape index (κ2) is 6.38. The van der Waals surface area contributed by atoms with E-state index in [1.54, 1.807) is 0 Å². The van der Waals surface area contributed by atoms with Gasteiger partial charge in [0, 0.05) is 5.56 Å². The van der Waals surface area contributed by atoms with Crippen LogP contribution in [-0.2, 0) is 0 Å². The average molecular weight is 372 g/mol. The van der Waals surface area contributed by atoms with Crippen molar-refractivity contribution < 1.29 is 13.5 Å². The molecular weight excluding hydrogens is 360 g/mol. The minimum atomic E-state index is -0.749. The number of hydrogen-bond acceptors (Lipinski definition) is 3. The van der Waals surface area contributed by atoms with E-state index in [1.165, 1.54) is 31.5 Å². The largest absolute Gasteiger partial charge is 0.480 e. The molecule has 4 nitrogen and oxygen atoms in total. The molecule has 4 aromatic rings. The second-order valence-corrected chi connectivity index (χ2v) is 5.94. The van der Waals surface area contributed by atoms with Crippen molar-refractivity contribution in [3.63, 3.8) is 0 Å². The van der Waals surface area contributed by atoms with E-state index in [0.29, 0.717) is 16.6 Å². The molecule has 2 heterocycles. The van der Waals surface area contributed by atoms with Crippen LogP contribution >= 0.6 is 11.6 Å². The molecule has 0 amide bonds. The lowest BCUT2D eigenvalue weighted by molar-refractivity contribution is 0.403. The second-order valence-electron chi connectivity index (χ2n) is 5.54. The molecule has 130 valence electrons. The van der Waals surface area contributed by atoms with Gasteiger partial charge in [0.05, 0.1) is 23.7 Å². The van der Waals surface area contributed by atoms with E-state index in [4.69, 9.17) is 16.3 Å². The Morgan fingerprint density at radius 2 is 1.69 bits per heavy atom. The summed E-state index contributed by atoms with van der Waals surface area (Å²) in [4.78, 5) is 4.17. The van der Waals surface area contributed by atoms with Crippen LogP contribution in [0.3, 0.4) is 0 Å². The maximum atomic E-state index is 14.4. The van der Waals surface area contributed by atoms with Gasteiger partial charge < -0.3 is 4.74 Å². The van der Waals surface area contributed by atoms with Crippen LogP contribution in [0.1, 0.15) is 0 Å². The lowest BCUT2D eigenvalue weighted by Gasteiger charge is -2.08. The van der Waals surface area contributed by atoms with Gasteiger partial charge in [-0.1, -0.05) is 48.0 Å². The molecule has 0 saturated carbocycles. The van der Waals surface area contributed by atoms with E-state index < -0.39 is 11.6 Å². The zero-order valence-electron chi connectivity index (χ0n) is 13.6. The Morgan fingerprint density at radius 1 is 1.00 bits per heavy atom. The van der Waals surface area contributed by atoms with Gasteiger partial charge in [-0.05, 0) is 12.1 Å². The van der Waals surface area contributed by atoms with Gasteiger partial charge in [0.1, 0.15) is 16.9 Å². The third-order valence-electron chi connectivity index (χ3n) is 4.01. The summed E-state index contributed by atoms with van der Waals surface area (Å²) >= 11 is 6.32. The molecule has 26 heavy (non-hydrogen) atoms. The summed E-state index contributed by atoms with van der Waals surface area (Å²) in [5.74, 6) is -1.23. The predicted octanol–water partition coefficient (Wildman–Crippen LogP) is 5.03. The summed E-state index contributed by atoms with van der Waals surface area (Å²) in [7, 11) is 1.46. The molecule has 4 rings (SSSR count). The zero-order chi connectivity index (χ0) is 18.3. The highest BCUT2D eigenvalue weighted by Gasteiger charge is 2.24. The molecule has 2 aromatic heterocycles. The van der Waals surface area contributed by atoms with Gasteiger partial charge in [0.25, 0.3) is 0 Å². The highest BCUT2D eigenvalue weighted by molar-refractivity contribution is 6.35. The number of halogens is 3. The van der Waals surface area contributed by atoms with Gasteiger partial charge in [-0.15, -0.1) is 0 Å². The zero-order valence-corrected chi connectivity index (χ0v) is 14.3. The summed E-state index contributed by atoms with van der Waals surface area (Å²) < 4.78 is 35.3. The number of para-hydroxylation sites is 1. The van der Waals surface area contributed by atoms with Crippen molar-refractivity contribution in [2.24, 2.45) is 0 Å². The molecule has 0 atom stereocenters. The summed E-state index contributed by atoms with van der Waals surface area (Å²) in [6.45, 7) is 0. The molecule has 0 spiro atoms. The first-order chi connectivity index (χ1) is 12.6. The molecule has 0 saturated heterocycles. The lowest BCUT2D eigenvalue weighted by atomic mass is 10.1. The van der Waals surface area contributed by atoms with Crippen LogP contribution in [-0.4, -0.2) is 21.9 Å². The molecule has 0 bridgehead atoms. The first-order valence-corrected chi connectivity index (χ1v) is 8.10. The van der Waals surface area contributed by atoms with Crippen LogP contribution < -0.4 is 4.74 Å². The van der Waals surface area contributed by atoms with Gasteiger partial charge in [0.15, 0.2) is 11.6 Å². The third kappa shape index (κ3) is 2.50. The van der Waals surface area contributed by atoms with Gasteiger partial charge >= 0.3 is 0 Å². The quantitative estimate of drug-likeness (QED) is 0.507. The molecule has 0 unspecified atom stereocenters. The highest BCUT2D eigenvalue weighted by atomic mass is 35.5. The topological polar surface area (TPSA) is 39.9 Å². The first-order valence-electron chi connectivity index (χ1n) is 7.73. The van der Waals surface area contributed by atoms with E-state index >= 15 is 0 Å². The summed E-state index contributed by atoms with van der Waals surface area (Å²) in [6, 6.07) is 12.8. The molecule has 0 aliphatic carbocycles. The SMILES string of the molecule is COc1ncc(Cl)c2c1c(-c1ccccc1)nn2-c1c(F)cccc1F. The van der Waals surface area contributed by atoms with E-state index in [0.717, 1.165) is 10.2 Å². The van der Waals surface area contributed by atoms with E-state index in [1.807, 2.05) is 30.3 Å². The van der Waals surface area contributed by atoms with E-state index in [2.05, 4.69) is 10.1 Å². The van der Waals surface area contributed by atoms with Crippen LogP contribution in [0.15, 0.2) is 54.7 Å². The van der Waals surface area contributed by atoms with E-state index in [9.17, 15) is 8.78 Å². The van der Waals surface area contributed by atoms with Gasteiger partial charge in [0.2, 0.25) is 5.88 Å². The summed E-state index contributed by atoms with van der Waals surface area (Å²) in [5, 5.41) is 5.14. The fraction of sp³-hybridized carbons (Fsp3) is 0.0526. The van der Waals surface area contributed by atoms with Crippen LogP contribution in [0.5, 0.6) is 5.88 Å². The van der Waals surface area contributed by atoms with Gasteiger partial charge in [-0.3, -0.25) is 0 Å². The number of fused-ring (bicyclic) bond motifs is 1. The molecule has 0 aliphatic rings. The maximum Gasteiger partial charge on any atom is 0.225 e. The molecule has 0 N–H and O–H groups in total. The highest BCUT2D eigenvalue weighted by Crippen LogP contribution is 2.38. The number of benzene rings is 2. The minimum absolute atomic E-state index is 0.207. The Hall–Kier alpha value is -2.99. The van der Waals surface area contributed by atoms with Crippen molar-refractivity contribution in [2.45, 2.75) is 0 Å². The van der Waals surface area contributed by atoms with Crippen molar-refractivity contribution >= 4 is 22.5 Å². The van der Waals surface area contributed by atoms with Crippen molar-refractivity contribution in [1.82, 2.24) is 14.8 Å². The Bertz CT molecular complexity index is 1090. The predicted molar refractivity (Wildman–Crippen MR) is 95.8 cm³/mol. The van der Waals surface area contributed by atoms with Gasteiger partial charge in [-0.25, -0.2) is 18.4 Å². The van der Waals surface area contributed by atoms with Crippen LogP contribution in [0, 0.1) is 11.6 Å². The number of pyridine rings is 1. The fourth-order valence-corrected chi connectivity index (χ4v) is 3.11. The molecular formula is C19H12ClF2N3O. The molecule has 0 fully saturated rings. The Labute approximate surface area is 152 Å². The van der Waals surface area contributed by atoms with Crippen molar-refractivity contribution in [2.75, 3.05) is 7.11 Å². The molecule has 0 aliphatic heterocycles. The smallest absolute Gasteiger partial charge is 0.225 e. The Balaban J connectivity index is 2.16. The molecule has 0 radical (unpaired) electrons. The van der Waals surface area contributed by atoms with Crippen LogP contribution in [0.25, 0.3) is 27.8 Å². The number of methoxy groups -OCH3 is 1. The van der Waals surface area contributed by atoms with Gasteiger partial charge in [-0.2, -0.15) is 5.10 Å². The normalized spacial score (nSPS) is 11.1. The first kappa shape index (κ1) is 16.5. The van der Waals surface area contributed by atoms with Crippen molar-refractivity contribution in [1.29, 1.82) is 0 Å². The Morgan fingerprint density at radius 3 is 2.35 bits per heavy atom. The Kier molecular flexibility index (Phi) is 4.05. The number of nitrogens with zero attached hydrogens (tertiary/aromatic N) is 3. The summed E-state index contributed by atoms with van der Waals surface area (Å²) in [6.07, 6.45) is 1.37. The number of hydrogen-bond donors (Lipinski definition) is 0. The monoisotopic (exact) mass is 371 g/mol. The van der Waals surface area contributed by atoms with Crippen molar-refractivity contribution in [3.8, 4) is 22.8 Å². The third-order valence-corrected chi connectivity index (χ3v) is 4.29. The van der Waals surface area contributed by atoms with Crippen LogP contribution in [0.4, 0.5) is 8.78 Å². The lowest BCUT2D eigenvalue weighted by Crippen LogP contribution is -2.03. The molecule has 2 aromatic carbocycles. The number of ether oxygens (including phenoxy) is 1. The summed E-state index contributed by atoms with van der Waals surface area (Å²) in [5.41, 5.74) is 1.22. The van der Waals surface area contributed by atoms with E-state index in [-0.39, 0.29) is 16.6 Å². The number of aromatic nitrogens is 3. The minimum Gasteiger partial charge on any atom is -0.480 e.